The molecule has 0 atom stereocenters. The summed E-state index contributed by atoms with van der Waals surface area (Å²) in [5.41, 5.74) is 6.30. The first-order chi connectivity index (χ1) is 8.11. The Balaban J connectivity index is 2.33. The number of hydrogen-bond donors (Lipinski definition) is 1. The second kappa shape index (κ2) is 5.20. The molecule has 0 saturated heterocycles. The fraction of sp³-hybridized carbons (Fsp3) is 0.182. The Morgan fingerprint density at radius 2 is 2.18 bits per heavy atom. The Hall–Kier alpha value is -0.850. The van der Waals surface area contributed by atoms with Crippen molar-refractivity contribution in [3.05, 3.63) is 26.9 Å². The van der Waals surface area contributed by atoms with E-state index in [0.29, 0.717) is 17.2 Å². The lowest BCUT2D eigenvalue weighted by atomic mass is 10.3. The van der Waals surface area contributed by atoms with Crippen LogP contribution in [0.25, 0.3) is 9.75 Å². The maximum atomic E-state index is 11.6. The summed E-state index contributed by atoms with van der Waals surface area (Å²) < 4.78 is 6.00. The highest BCUT2D eigenvalue weighted by atomic mass is 79.9. The maximum absolute atomic E-state index is 11.6. The van der Waals surface area contributed by atoms with Crippen LogP contribution in [0.4, 0.5) is 5.69 Å². The van der Waals surface area contributed by atoms with Gasteiger partial charge in [-0.25, -0.2) is 4.79 Å². The average molecular weight is 332 g/mol. The van der Waals surface area contributed by atoms with Crippen molar-refractivity contribution in [2.45, 2.75) is 6.92 Å². The van der Waals surface area contributed by atoms with E-state index in [1.165, 1.54) is 11.3 Å². The molecule has 2 rings (SSSR count). The Bertz CT molecular complexity index is 547. The molecule has 0 aliphatic carbocycles. The molecule has 2 aromatic heterocycles. The van der Waals surface area contributed by atoms with E-state index >= 15 is 0 Å². The number of anilines is 1. The largest absolute Gasteiger partial charge is 0.462 e. The van der Waals surface area contributed by atoms with E-state index in [2.05, 4.69) is 15.9 Å². The first kappa shape index (κ1) is 12.6. The van der Waals surface area contributed by atoms with Crippen molar-refractivity contribution in [1.29, 1.82) is 0 Å². The SMILES string of the molecule is CCOC(=O)c1sc(-c2ccc(Br)s2)cc1N. The van der Waals surface area contributed by atoms with Crippen LogP contribution < -0.4 is 5.73 Å². The number of rotatable bonds is 3. The molecule has 0 saturated carbocycles. The van der Waals surface area contributed by atoms with Crippen LogP contribution in [0.2, 0.25) is 0 Å². The highest BCUT2D eigenvalue weighted by molar-refractivity contribution is 9.11. The first-order valence-corrected chi connectivity index (χ1v) is 7.36. The van der Waals surface area contributed by atoms with Crippen LogP contribution in [0.5, 0.6) is 0 Å². The molecule has 90 valence electrons. The third-order valence-electron chi connectivity index (χ3n) is 2.04. The third kappa shape index (κ3) is 2.70. The number of nitrogens with two attached hydrogens (primary N) is 1. The van der Waals surface area contributed by atoms with Gasteiger partial charge in [-0.2, -0.15) is 0 Å². The number of halogens is 1. The molecule has 2 N–H and O–H groups in total. The van der Waals surface area contributed by atoms with Crippen molar-refractivity contribution >= 4 is 50.3 Å². The molecule has 2 heterocycles. The smallest absolute Gasteiger partial charge is 0.350 e. The minimum Gasteiger partial charge on any atom is -0.462 e. The predicted octanol–water partition coefficient (Wildman–Crippen LogP) is 4.00. The maximum Gasteiger partial charge on any atom is 0.350 e. The van der Waals surface area contributed by atoms with Crippen LogP contribution in [0.15, 0.2) is 22.0 Å². The number of esters is 1. The van der Waals surface area contributed by atoms with Gasteiger partial charge in [-0.05, 0) is 41.1 Å². The Morgan fingerprint density at radius 1 is 1.41 bits per heavy atom. The molecule has 0 aromatic carbocycles. The summed E-state index contributed by atoms with van der Waals surface area (Å²) in [4.78, 5) is 14.2. The van der Waals surface area contributed by atoms with Gasteiger partial charge >= 0.3 is 5.97 Å². The second-order valence-electron chi connectivity index (χ2n) is 3.22. The zero-order valence-electron chi connectivity index (χ0n) is 9.03. The van der Waals surface area contributed by atoms with E-state index in [1.807, 2.05) is 18.2 Å². The number of carbonyl (C=O) groups excluding carboxylic acids is 1. The van der Waals surface area contributed by atoms with E-state index in [1.54, 1.807) is 18.3 Å². The summed E-state index contributed by atoms with van der Waals surface area (Å²) in [5, 5.41) is 0. The molecule has 0 fully saturated rings. The van der Waals surface area contributed by atoms with Gasteiger partial charge in [-0.3, -0.25) is 0 Å². The van der Waals surface area contributed by atoms with Crippen LogP contribution in [0.1, 0.15) is 16.6 Å². The predicted molar refractivity (Wildman–Crippen MR) is 75.7 cm³/mol. The number of thiophene rings is 2. The van der Waals surface area contributed by atoms with E-state index in [-0.39, 0.29) is 5.97 Å². The molecule has 0 radical (unpaired) electrons. The van der Waals surface area contributed by atoms with Crippen LogP contribution in [-0.2, 0) is 4.74 Å². The minimum absolute atomic E-state index is 0.350. The fourth-order valence-corrected chi connectivity index (χ4v) is 3.77. The van der Waals surface area contributed by atoms with E-state index < -0.39 is 0 Å². The van der Waals surface area contributed by atoms with Crippen molar-refractivity contribution < 1.29 is 9.53 Å². The quantitative estimate of drug-likeness (QED) is 0.865. The zero-order valence-corrected chi connectivity index (χ0v) is 12.2. The molecule has 0 aliphatic heterocycles. The monoisotopic (exact) mass is 331 g/mol. The van der Waals surface area contributed by atoms with Crippen molar-refractivity contribution in [3.8, 4) is 9.75 Å². The van der Waals surface area contributed by atoms with Gasteiger partial charge in [0.1, 0.15) is 4.88 Å². The van der Waals surface area contributed by atoms with E-state index in [9.17, 15) is 4.79 Å². The van der Waals surface area contributed by atoms with Gasteiger partial charge in [-0.15, -0.1) is 22.7 Å². The number of ether oxygens (including phenoxy) is 1. The minimum atomic E-state index is -0.350. The first-order valence-electron chi connectivity index (χ1n) is 4.94. The van der Waals surface area contributed by atoms with Crippen LogP contribution in [0, 0.1) is 0 Å². The van der Waals surface area contributed by atoms with Gasteiger partial charge in [0, 0.05) is 9.75 Å². The Morgan fingerprint density at radius 3 is 2.76 bits per heavy atom. The van der Waals surface area contributed by atoms with Gasteiger partial charge in [0.25, 0.3) is 0 Å². The molecule has 0 aliphatic rings. The van der Waals surface area contributed by atoms with Crippen LogP contribution in [-0.4, -0.2) is 12.6 Å². The van der Waals surface area contributed by atoms with Crippen molar-refractivity contribution in [2.24, 2.45) is 0 Å². The summed E-state index contributed by atoms with van der Waals surface area (Å²) in [6.07, 6.45) is 0. The van der Waals surface area contributed by atoms with Gasteiger partial charge in [0.15, 0.2) is 0 Å². The molecule has 0 unspecified atom stereocenters. The Labute approximate surface area is 115 Å². The summed E-state index contributed by atoms with van der Waals surface area (Å²) in [5.74, 6) is -0.350. The second-order valence-corrected chi connectivity index (χ2v) is 6.73. The molecule has 0 bridgehead atoms. The molecular weight excluding hydrogens is 322 g/mol. The molecule has 0 amide bonds. The zero-order chi connectivity index (χ0) is 12.4. The summed E-state index contributed by atoms with van der Waals surface area (Å²) in [6.45, 7) is 2.13. The van der Waals surface area contributed by atoms with Gasteiger partial charge in [0.2, 0.25) is 0 Å². The van der Waals surface area contributed by atoms with Crippen LogP contribution >= 0.6 is 38.6 Å². The summed E-state index contributed by atoms with van der Waals surface area (Å²) in [6, 6.07) is 5.78. The lowest BCUT2D eigenvalue weighted by molar-refractivity contribution is 0.0533. The third-order valence-corrected chi connectivity index (χ3v) is 4.99. The topological polar surface area (TPSA) is 52.3 Å². The highest BCUT2D eigenvalue weighted by Crippen LogP contribution is 2.38. The lowest BCUT2D eigenvalue weighted by Crippen LogP contribution is -2.04. The van der Waals surface area contributed by atoms with Crippen molar-refractivity contribution in [2.75, 3.05) is 12.3 Å². The molecule has 3 nitrogen and oxygen atoms in total. The van der Waals surface area contributed by atoms with E-state index in [0.717, 1.165) is 13.5 Å². The molecule has 2 aromatic rings. The lowest BCUT2D eigenvalue weighted by Gasteiger charge is -1.98. The molecule has 0 spiro atoms. The Kier molecular flexibility index (Phi) is 3.86. The molecule has 17 heavy (non-hydrogen) atoms. The van der Waals surface area contributed by atoms with Gasteiger partial charge < -0.3 is 10.5 Å². The summed E-state index contributed by atoms with van der Waals surface area (Å²) >= 11 is 6.38. The van der Waals surface area contributed by atoms with Gasteiger partial charge in [0.05, 0.1) is 16.1 Å². The fourth-order valence-electron chi connectivity index (χ4n) is 1.33. The number of nitrogen functional groups attached to an aromatic ring is 1. The molecular formula is C11H10BrNO2S2. The molecule has 6 heteroatoms. The standard InChI is InChI=1S/C11H10BrNO2S2/c1-2-15-11(14)10-6(13)5-8(17-10)7-3-4-9(12)16-7/h3-5H,2,13H2,1H3. The summed E-state index contributed by atoms with van der Waals surface area (Å²) in [7, 11) is 0. The van der Waals surface area contributed by atoms with Crippen molar-refractivity contribution in [1.82, 2.24) is 0 Å². The highest BCUT2D eigenvalue weighted by Gasteiger charge is 2.16. The van der Waals surface area contributed by atoms with Crippen molar-refractivity contribution in [3.63, 3.8) is 0 Å². The number of carbonyl (C=O) groups is 1. The van der Waals surface area contributed by atoms with E-state index in [4.69, 9.17) is 10.5 Å². The van der Waals surface area contributed by atoms with Crippen LogP contribution in [0.3, 0.4) is 0 Å². The normalized spacial score (nSPS) is 10.5. The van der Waals surface area contributed by atoms with Gasteiger partial charge in [-0.1, -0.05) is 0 Å². The average Bonchev–Trinajstić information content (AvgIpc) is 2.85. The number of hydrogen-bond acceptors (Lipinski definition) is 5.